The normalized spacial score (nSPS) is 18.1. The molecule has 0 radical (unpaired) electrons. The summed E-state index contributed by atoms with van der Waals surface area (Å²) in [5, 5.41) is 4.10. The van der Waals surface area contributed by atoms with Gasteiger partial charge in [-0.3, -0.25) is 4.79 Å². The monoisotopic (exact) mass is 327 g/mol. The molecule has 1 aliphatic heterocycles. The molecule has 128 valence electrons. The van der Waals surface area contributed by atoms with Gasteiger partial charge in [0, 0.05) is 31.6 Å². The number of hydrogen-bond donors (Lipinski definition) is 1. The number of hydrogen-bond acceptors (Lipinski definition) is 5. The highest BCUT2D eigenvalue weighted by Gasteiger charge is 2.27. The van der Waals surface area contributed by atoms with Gasteiger partial charge in [-0.2, -0.15) is 0 Å². The predicted octanol–water partition coefficient (Wildman–Crippen LogP) is 1.52. The summed E-state index contributed by atoms with van der Waals surface area (Å²) in [6, 6.07) is 8.03. The number of fused-ring (bicyclic) bond motifs is 1. The number of carbonyl (C=O) groups excluding carboxylic acids is 1. The molecule has 1 N–H and O–H groups in total. The Kier molecular flexibility index (Phi) is 5.25. The average molecular weight is 327 g/mol. The molecule has 2 aromatic rings. The fourth-order valence-electron chi connectivity index (χ4n) is 3.17. The predicted molar refractivity (Wildman–Crippen MR) is 96.0 cm³/mol. The summed E-state index contributed by atoms with van der Waals surface area (Å²) >= 11 is 0. The Bertz CT molecular complexity index is 697. The maximum atomic E-state index is 12.4. The lowest BCUT2D eigenvalue weighted by Gasteiger charge is -2.33. The van der Waals surface area contributed by atoms with Gasteiger partial charge in [0.1, 0.15) is 12.1 Å². The Labute approximate surface area is 142 Å². The van der Waals surface area contributed by atoms with E-state index in [-0.39, 0.29) is 11.8 Å². The van der Waals surface area contributed by atoms with Crippen molar-refractivity contribution in [2.24, 2.45) is 5.92 Å². The van der Waals surface area contributed by atoms with Gasteiger partial charge in [-0.25, -0.2) is 9.97 Å². The molecular formula is C18H25N5O. The van der Waals surface area contributed by atoms with E-state index >= 15 is 0 Å². The van der Waals surface area contributed by atoms with Crippen LogP contribution in [0.3, 0.4) is 0 Å². The number of nitrogens with zero attached hydrogens (tertiary/aromatic N) is 4. The molecule has 1 unspecified atom stereocenters. The van der Waals surface area contributed by atoms with E-state index in [1.807, 2.05) is 38.4 Å². The zero-order valence-electron chi connectivity index (χ0n) is 14.4. The Morgan fingerprint density at radius 3 is 3.00 bits per heavy atom. The third-order valence-electron chi connectivity index (χ3n) is 4.47. The van der Waals surface area contributed by atoms with E-state index in [4.69, 9.17) is 0 Å². The maximum absolute atomic E-state index is 12.4. The van der Waals surface area contributed by atoms with E-state index in [0.717, 1.165) is 49.2 Å². The first-order valence-electron chi connectivity index (χ1n) is 8.52. The fourth-order valence-corrected chi connectivity index (χ4v) is 3.17. The topological polar surface area (TPSA) is 61.4 Å². The molecule has 1 atom stereocenters. The van der Waals surface area contributed by atoms with Crippen LogP contribution in [0, 0.1) is 5.92 Å². The molecule has 0 bridgehead atoms. The number of amides is 1. The largest absolute Gasteiger partial charge is 0.355 e. The van der Waals surface area contributed by atoms with Gasteiger partial charge in [-0.15, -0.1) is 0 Å². The molecule has 1 amide bonds. The van der Waals surface area contributed by atoms with Crippen LogP contribution in [-0.2, 0) is 4.79 Å². The zero-order chi connectivity index (χ0) is 16.9. The Balaban J connectivity index is 1.70. The van der Waals surface area contributed by atoms with Gasteiger partial charge in [-0.1, -0.05) is 12.1 Å². The number of benzene rings is 1. The smallest absolute Gasteiger partial charge is 0.224 e. The zero-order valence-corrected chi connectivity index (χ0v) is 14.4. The summed E-state index contributed by atoms with van der Waals surface area (Å²) in [5.74, 6) is 1.11. The molecule has 0 saturated carbocycles. The van der Waals surface area contributed by atoms with Crippen LogP contribution in [0.1, 0.15) is 12.8 Å². The molecule has 1 saturated heterocycles. The SMILES string of the molecule is CN(C)CCNC(=O)C1CCCN(c2ncnc3ccccc23)C1. The number of likely N-dealkylation sites (N-methyl/N-ethyl adjacent to an activating group) is 1. The van der Waals surface area contributed by atoms with E-state index in [2.05, 4.69) is 25.1 Å². The quantitative estimate of drug-likeness (QED) is 0.902. The summed E-state index contributed by atoms with van der Waals surface area (Å²) in [4.78, 5) is 25.5. The Morgan fingerprint density at radius 2 is 2.17 bits per heavy atom. The summed E-state index contributed by atoms with van der Waals surface area (Å²) in [6.45, 7) is 3.20. The number of nitrogens with one attached hydrogen (secondary N) is 1. The molecular weight excluding hydrogens is 302 g/mol. The lowest BCUT2D eigenvalue weighted by molar-refractivity contribution is -0.125. The molecule has 1 fully saturated rings. The minimum atomic E-state index is 0.0228. The molecule has 1 aromatic heterocycles. The third kappa shape index (κ3) is 3.82. The second-order valence-corrected chi connectivity index (χ2v) is 6.59. The number of rotatable bonds is 5. The summed E-state index contributed by atoms with van der Waals surface area (Å²) in [7, 11) is 4.02. The van der Waals surface area contributed by atoms with Crippen LogP contribution in [0.5, 0.6) is 0 Å². The highest BCUT2D eigenvalue weighted by molar-refractivity contribution is 5.89. The van der Waals surface area contributed by atoms with Gasteiger partial charge in [0.2, 0.25) is 5.91 Å². The average Bonchev–Trinajstić information content (AvgIpc) is 2.61. The highest BCUT2D eigenvalue weighted by Crippen LogP contribution is 2.27. The van der Waals surface area contributed by atoms with Crippen molar-refractivity contribution in [2.75, 3.05) is 45.2 Å². The van der Waals surface area contributed by atoms with Crippen molar-refractivity contribution < 1.29 is 4.79 Å². The highest BCUT2D eigenvalue weighted by atomic mass is 16.1. The first kappa shape index (κ1) is 16.6. The maximum Gasteiger partial charge on any atom is 0.224 e. The minimum Gasteiger partial charge on any atom is -0.355 e. The van der Waals surface area contributed by atoms with Crippen molar-refractivity contribution in [1.29, 1.82) is 0 Å². The van der Waals surface area contributed by atoms with Crippen LogP contribution >= 0.6 is 0 Å². The molecule has 2 heterocycles. The van der Waals surface area contributed by atoms with Crippen molar-refractivity contribution in [3.63, 3.8) is 0 Å². The second-order valence-electron chi connectivity index (χ2n) is 6.59. The van der Waals surface area contributed by atoms with E-state index < -0.39 is 0 Å². The van der Waals surface area contributed by atoms with Crippen LogP contribution in [0.4, 0.5) is 5.82 Å². The van der Waals surface area contributed by atoms with Gasteiger partial charge in [0.15, 0.2) is 0 Å². The minimum absolute atomic E-state index is 0.0228. The van der Waals surface area contributed by atoms with E-state index in [1.54, 1.807) is 6.33 Å². The van der Waals surface area contributed by atoms with E-state index in [1.165, 1.54) is 0 Å². The van der Waals surface area contributed by atoms with Gasteiger partial charge in [0.25, 0.3) is 0 Å². The summed E-state index contributed by atoms with van der Waals surface area (Å²) < 4.78 is 0. The van der Waals surface area contributed by atoms with Crippen LogP contribution in [0.2, 0.25) is 0 Å². The van der Waals surface area contributed by atoms with Crippen molar-refractivity contribution >= 4 is 22.6 Å². The van der Waals surface area contributed by atoms with Crippen LogP contribution in [0.15, 0.2) is 30.6 Å². The van der Waals surface area contributed by atoms with Crippen LogP contribution < -0.4 is 10.2 Å². The molecule has 0 aliphatic carbocycles. The second kappa shape index (κ2) is 7.57. The first-order valence-corrected chi connectivity index (χ1v) is 8.52. The molecule has 24 heavy (non-hydrogen) atoms. The van der Waals surface area contributed by atoms with E-state index in [9.17, 15) is 4.79 Å². The first-order chi connectivity index (χ1) is 11.6. The van der Waals surface area contributed by atoms with Gasteiger partial charge >= 0.3 is 0 Å². The van der Waals surface area contributed by atoms with Crippen molar-refractivity contribution in [2.45, 2.75) is 12.8 Å². The van der Waals surface area contributed by atoms with Crippen LogP contribution in [-0.4, -0.2) is 61.0 Å². The lowest BCUT2D eigenvalue weighted by Crippen LogP contribution is -2.44. The summed E-state index contributed by atoms with van der Waals surface area (Å²) in [6.07, 6.45) is 3.55. The van der Waals surface area contributed by atoms with Crippen molar-refractivity contribution in [1.82, 2.24) is 20.2 Å². The number of piperidine rings is 1. The number of carbonyl (C=O) groups is 1. The lowest BCUT2D eigenvalue weighted by atomic mass is 9.97. The van der Waals surface area contributed by atoms with Gasteiger partial charge < -0.3 is 15.1 Å². The Hall–Kier alpha value is -2.21. The number of aromatic nitrogens is 2. The van der Waals surface area contributed by atoms with Gasteiger partial charge in [0.05, 0.1) is 11.4 Å². The fraction of sp³-hybridized carbons (Fsp3) is 0.500. The molecule has 1 aliphatic rings. The number of anilines is 1. The number of para-hydroxylation sites is 1. The molecule has 1 aromatic carbocycles. The Morgan fingerprint density at radius 1 is 1.33 bits per heavy atom. The van der Waals surface area contributed by atoms with Crippen molar-refractivity contribution in [3.05, 3.63) is 30.6 Å². The third-order valence-corrected chi connectivity index (χ3v) is 4.47. The van der Waals surface area contributed by atoms with Crippen molar-refractivity contribution in [3.8, 4) is 0 Å². The van der Waals surface area contributed by atoms with Crippen LogP contribution in [0.25, 0.3) is 10.9 Å². The molecule has 6 heteroatoms. The standard InChI is InChI=1S/C18H25N5O/c1-22(2)11-9-19-18(24)14-6-5-10-23(12-14)17-15-7-3-4-8-16(15)20-13-21-17/h3-4,7-8,13-14H,5-6,9-12H2,1-2H3,(H,19,24). The molecule has 3 rings (SSSR count). The summed E-state index contributed by atoms with van der Waals surface area (Å²) in [5.41, 5.74) is 0.944. The molecule has 6 nitrogen and oxygen atoms in total. The van der Waals surface area contributed by atoms with Gasteiger partial charge in [-0.05, 0) is 39.1 Å². The van der Waals surface area contributed by atoms with E-state index in [0.29, 0.717) is 6.54 Å². The molecule has 0 spiro atoms.